The van der Waals surface area contributed by atoms with Gasteiger partial charge in [0.25, 0.3) is 5.91 Å². The zero-order chi connectivity index (χ0) is 11.4. The van der Waals surface area contributed by atoms with Gasteiger partial charge in [0.05, 0.1) is 5.56 Å². The minimum atomic E-state index is -0.185. The van der Waals surface area contributed by atoms with Gasteiger partial charge in [0, 0.05) is 21.2 Å². The van der Waals surface area contributed by atoms with Crippen molar-refractivity contribution in [3.05, 3.63) is 39.3 Å². The Bertz CT molecular complexity index is 404. The first-order chi connectivity index (χ1) is 7.00. The Morgan fingerprint density at radius 2 is 2.20 bits per heavy atom. The highest BCUT2D eigenvalue weighted by Crippen LogP contribution is 2.19. The van der Waals surface area contributed by atoms with E-state index in [9.17, 15) is 4.79 Å². The van der Waals surface area contributed by atoms with Gasteiger partial charge >= 0.3 is 0 Å². The zero-order valence-corrected chi connectivity index (χ0v) is 11.1. The molecule has 80 valence electrons. The van der Waals surface area contributed by atoms with E-state index in [1.807, 2.05) is 0 Å². The van der Waals surface area contributed by atoms with Gasteiger partial charge in [-0.25, -0.2) is 0 Å². The number of hydrogen-bond donors (Lipinski definition) is 2. The lowest BCUT2D eigenvalue weighted by atomic mass is 10.2. The molecular weight excluding hydrogens is 324 g/mol. The molecule has 3 N–H and O–H groups in total. The van der Waals surface area contributed by atoms with Crippen molar-refractivity contribution in [3.8, 4) is 0 Å². The molecule has 0 spiro atoms. The maximum absolute atomic E-state index is 11.7. The number of amides is 1. The monoisotopic (exact) mass is 332 g/mol. The minimum absolute atomic E-state index is 0.185. The molecule has 0 aromatic heterocycles. The number of benzene rings is 1. The van der Waals surface area contributed by atoms with Crippen molar-refractivity contribution < 1.29 is 4.79 Å². The molecule has 0 bridgehead atoms. The van der Waals surface area contributed by atoms with Gasteiger partial charge in [-0.3, -0.25) is 4.79 Å². The van der Waals surface area contributed by atoms with Crippen LogP contribution in [-0.4, -0.2) is 12.5 Å². The van der Waals surface area contributed by atoms with Gasteiger partial charge in [0.1, 0.15) is 0 Å². The Hall–Kier alpha value is -0.810. The van der Waals surface area contributed by atoms with E-state index in [0.717, 1.165) is 8.96 Å². The van der Waals surface area contributed by atoms with Crippen LogP contribution in [0.2, 0.25) is 0 Å². The fraction of sp³-hybridized carbons (Fsp3) is 0.100. The Balaban J connectivity index is 2.81. The summed E-state index contributed by atoms with van der Waals surface area (Å²) in [5.41, 5.74) is 6.67. The van der Waals surface area contributed by atoms with Crippen molar-refractivity contribution in [2.75, 3.05) is 12.3 Å². The van der Waals surface area contributed by atoms with E-state index in [-0.39, 0.29) is 5.91 Å². The molecule has 0 aliphatic rings. The lowest BCUT2D eigenvalue weighted by Crippen LogP contribution is -2.24. The molecule has 0 radical (unpaired) electrons. The van der Waals surface area contributed by atoms with Crippen LogP contribution in [0, 0.1) is 0 Å². The second-order valence-electron chi connectivity index (χ2n) is 2.94. The number of nitrogens with one attached hydrogen (secondary N) is 1. The van der Waals surface area contributed by atoms with Crippen molar-refractivity contribution in [1.82, 2.24) is 5.32 Å². The lowest BCUT2D eigenvalue weighted by molar-refractivity contribution is 0.0957. The van der Waals surface area contributed by atoms with Crippen LogP contribution in [0.25, 0.3) is 0 Å². The average molecular weight is 334 g/mol. The Labute approximate surface area is 105 Å². The van der Waals surface area contributed by atoms with Crippen LogP contribution in [0.5, 0.6) is 0 Å². The second kappa shape index (κ2) is 5.32. The third-order valence-corrected chi connectivity index (χ3v) is 2.65. The van der Waals surface area contributed by atoms with Crippen LogP contribution < -0.4 is 11.1 Å². The summed E-state index contributed by atoms with van der Waals surface area (Å²) in [5.74, 6) is -0.185. The SMILES string of the molecule is C=C(Br)CNC(=O)c1cc(N)ccc1Br. The Morgan fingerprint density at radius 1 is 1.53 bits per heavy atom. The molecule has 0 saturated heterocycles. The summed E-state index contributed by atoms with van der Waals surface area (Å²) in [6, 6.07) is 5.09. The molecule has 0 atom stereocenters. The van der Waals surface area contributed by atoms with E-state index in [4.69, 9.17) is 5.73 Å². The number of hydrogen-bond acceptors (Lipinski definition) is 2. The van der Waals surface area contributed by atoms with Crippen LogP contribution in [0.1, 0.15) is 10.4 Å². The predicted octanol–water partition coefficient (Wildman–Crippen LogP) is 2.67. The second-order valence-corrected chi connectivity index (χ2v) is 4.92. The quantitative estimate of drug-likeness (QED) is 0.835. The van der Waals surface area contributed by atoms with Crippen LogP contribution in [0.15, 0.2) is 33.7 Å². The van der Waals surface area contributed by atoms with Crippen molar-refractivity contribution >= 4 is 43.5 Å². The first kappa shape index (κ1) is 12.3. The highest BCUT2D eigenvalue weighted by molar-refractivity contribution is 9.11. The molecule has 1 aromatic carbocycles. The Kier molecular flexibility index (Phi) is 4.35. The summed E-state index contributed by atoms with van der Waals surface area (Å²) in [5, 5.41) is 2.70. The number of anilines is 1. The van der Waals surface area contributed by atoms with Crippen molar-refractivity contribution in [2.24, 2.45) is 0 Å². The van der Waals surface area contributed by atoms with Gasteiger partial charge in [-0.05, 0) is 34.1 Å². The van der Waals surface area contributed by atoms with Crippen molar-refractivity contribution in [1.29, 1.82) is 0 Å². The third kappa shape index (κ3) is 3.68. The van der Waals surface area contributed by atoms with Crippen LogP contribution >= 0.6 is 31.9 Å². The molecule has 5 heteroatoms. The van der Waals surface area contributed by atoms with Gasteiger partial charge in [-0.1, -0.05) is 22.5 Å². The number of nitrogens with two attached hydrogens (primary N) is 1. The summed E-state index contributed by atoms with van der Waals surface area (Å²) < 4.78 is 1.44. The largest absolute Gasteiger partial charge is 0.399 e. The average Bonchev–Trinajstić information content (AvgIpc) is 2.18. The maximum Gasteiger partial charge on any atom is 0.252 e. The van der Waals surface area contributed by atoms with Crippen molar-refractivity contribution in [3.63, 3.8) is 0 Å². The van der Waals surface area contributed by atoms with Gasteiger partial charge in [-0.15, -0.1) is 0 Å². The van der Waals surface area contributed by atoms with Gasteiger partial charge < -0.3 is 11.1 Å². The fourth-order valence-electron chi connectivity index (χ4n) is 0.988. The predicted molar refractivity (Wildman–Crippen MR) is 69.0 cm³/mol. The smallest absolute Gasteiger partial charge is 0.252 e. The topological polar surface area (TPSA) is 55.1 Å². The standard InChI is InChI=1S/C10H10Br2N2O/c1-6(11)5-14-10(15)8-4-7(13)2-3-9(8)12/h2-4H,1,5,13H2,(H,14,15). The summed E-state index contributed by atoms with van der Waals surface area (Å²) >= 11 is 6.45. The van der Waals surface area contributed by atoms with E-state index >= 15 is 0 Å². The molecule has 1 rings (SSSR count). The molecule has 0 aliphatic heterocycles. The molecule has 0 saturated carbocycles. The normalized spacial score (nSPS) is 9.73. The number of halogens is 2. The van der Waals surface area contributed by atoms with E-state index in [0.29, 0.717) is 17.8 Å². The van der Waals surface area contributed by atoms with Gasteiger partial charge in [-0.2, -0.15) is 0 Å². The molecule has 3 nitrogen and oxygen atoms in total. The third-order valence-electron chi connectivity index (χ3n) is 1.68. The molecule has 0 heterocycles. The molecular formula is C10H10Br2N2O. The van der Waals surface area contributed by atoms with E-state index in [1.54, 1.807) is 18.2 Å². The van der Waals surface area contributed by atoms with Crippen LogP contribution in [0.3, 0.4) is 0 Å². The molecule has 15 heavy (non-hydrogen) atoms. The highest BCUT2D eigenvalue weighted by Gasteiger charge is 2.09. The molecule has 1 aromatic rings. The van der Waals surface area contributed by atoms with E-state index in [2.05, 4.69) is 43.8 Å². The first-order valence-electron chi connectivity index (χ1n) is 4.17. The van der Waals surface area contributed by atoms with E-state index in [1.165, 1.54) is 0 Å². The summed E-state index contributed by atoms with van der Waals surface area (Å²) in [7, 11) is 0. The molecule has 0 aliphatic carbocycles. The Morgan fingerprint density at radius 3 is 2.80 bits per heavy atom. The number of carbonyl (C=O) groups is 1. The lowest BCUT2D eigenvalue weighted by Gasteiger charge is -2.06. The number of nitrogen functional groups attached to an aromatic ring is 1. The number of carbonyl (C=O) groups excluding carboxylic acids is 1. The van der Waals surface area contributed by atoms with Crippen LogP contribution in [0.4, 0.5) is 5.69 Å². The minimum Gasteiger partial charge on any atom is -0.399 e. The summed E-state index contributed by atoms with van der Waals surface area (Å²) in [4.78, 5) is 11.7. The van der Waals surface area contributed by atoms with Gasteiger partial charge in [0.2, 0.25) is 0 Å². The first-order valence-corrected chi connectivity index (χ1v) is 5.76. The fourth-order valence-corrected chi connectivity index (χ4v) is 1.56. The van der Waals surface area contributed by atoms with Crippen LogP contribution in [-0.2, 0) is 0 Å². The number of rotatable bonds is 3. The van der Waals surface area contributed by atoms with E-state index < -0.39 is 0 Å². The molecule has 1 amide bonds. The molecule has 0 unspecified atom stereocenters. The zero-order valence-electron chi connectivity index (χ0n) is 7.89. The van der Waals surface area contributed by atoms with Gasteiger partial charge in [0.15, 0.2) is 0 Å². The summed E-state index contributed by atoms with van der Waals surface area (Å²) in [6.45, 7) is 4.02. The maximum atomic E-state index is 11.7. The summed E-state index contributed by atoms with van der Waals surface area (Å²) in [6.07, 6.45) is 0. The van der Waals surface area contributed by atoms with Crippen molar-refractivity contribution in [2.45, 2.75) is 0 Å². The highest BCUT2D eigenvalue weighted by atomic mass is 79.9. The molecule has 0 fully saturated rings.